The summed E-state index contributed by atoms with van der Waals surface area (Å²) in [6, 6.07) is 6.56. The fraction of sp³-hybridized carbons (Fsp3) is 0.429. The third kappa shape index (κ3) is 3.37. The van der Waals surface area contributed by atoms with Gasteiger partial charge in [0.2, 0.25) is 0 Å². The van der Waals surface area contributed by atoms with Crippen LogP contribution in [0.25, 0.3) is 0 Å². The van der Waals surface area contributed by atoms with Crippen LogP contribution in [0.5, 0.6) is 0 Å². The molecule has 0 radical (unpaired) electrons. The molecule has 0 saturated heterocycles. The van der Waals surface area contributed by atoms with Gasteiger partial charge in [0.25, 0.3) is 0 Å². The number of hydrogen-bond acceptors (Lipinski definition) is 4. The van der Waals surface area contributed by atoms with Gasteiger partial charge >= 0.3 is 0 Å². The Bertz CT molecular complexity index is 520. The van der Waals surface area contributed by atoms with Crippen molar-refractivity contribution in [3.8, 4) is 0 Å². The van der Waals surface area contributed by atoms with Crippen LogP contribution in [-0.2, 0) is 12.8 Å². The lowest BCUT2D eigenvalue weighted by molar-refractivity contribution is 0.777. The van der Waals surface area contributed by atoms with Gasteiger partial charge in [0.1, 0.15) is 10.0 Å². The third-order valence-electron chi connectivity index (χ3n) is 2.94. The minimum atomic E-state index is 0.894. The molecule has 1 heterocycles. The van der Waals surface area contributed by atoms with Gasteiger partial charge in [-0.25, -0.2) is 0 Å². The molecule has 96 valence electrons. The predicted octanol–water partition coefficient (Wildman–Crippen LogP) is 2.51. The van der Waals surface area contributed by atoms with Gasteiger partial charge in [-0.15, -0.1) is 21.5 Å². The van der Waals surface area contributed by atoms with Crippen LogP contribution in [0.1, 0.15) is 26.7 Å². The van der Waals surface area contributed by atoms with Gasteiger partial charge < -0.3 is 5.32 Å². The normalized spacial score (nSPS) is 10.8. The van der Waals surface area contributed by atoms with Crippen LogP contribution in [0.3, 0.4) is 0 Å². The predicted molar refractivity (Wildman–Crippen MR) is 76.3 cm³/mol. The first-order chi connectivity index (χ1) is 8.69. The van der Waals surface area contributed by atoms with Crippen LogP contribution < -0.4 is 5.32 Å². The van der Waals surface area contributed by atoms with Crippen LogP contribution in [0.4, 0.5) is 0 Å². The largest absolute Gasteiger partial charge is 0.319 e. The van der Waals surface area contributed by atoms with Crippen LogP contribution in [0.15, 0.2) is 18.2 Å². The molecule has 4 heteroatoms. The van der Waals surface area contributed by atoms with Crippen LogP contribution in [0.2, 0.25) is 0 Å². The zero-order valence-electron chi connectivity index (χ0n) is 11.2. The number of rotatable bonds is 5. The highest BCUT2D eigenvalue weighted by atomic mass is 32.1. The first-order valence-electron chi connectivity index (χ1n) is 6.21. The van der Waals surface area contributed by atoms with Crippen molar-refractivity contribution < 1.29 is 0 Å². The van der Waals surface area contributed by atoms with E-state index in [0.717, 1.165) is 29.4 Å². The Morgan fingerprint density at radius 3 is 2.72 bits per heavy atom. The summed E-state index contributed by atoms with van der Waals surface area (Å²) < 4.78 is 0. The Labute approximate surface area is 112 Å². The highest BCUT2D eigenvalue weighted by Crippen LogP contribution is 2.18. The van der Waals surface area contributed by atoms with Crippen molar-refractivity contribution in [3.05, 3.63) is 44.9 Å². The summed E-state index contributed by atoms with van der Waals surface area (Å²) >= 11 is 1.72. The smallest absolute Gasteiger partial charge is 0.121 e. The first-order valence-corrected chi connectivity index (χ1v) is 7.02. The molecule has 0 bridgehead atoms. The van der Waals surface area contributed by atoms with Crippen LogP contribution in [0, 0.1) is 13.8 Å². The molecule has 2 rings (SSSR count). The molecule has 0 spiro atoms. The molecule has 0 unspecified atom stereocenters. The van der Waals surface area contributed by atoms with Crippen molar-refractivity contribution in [2.45, 2.75) is 26.7 Å². The highest BCUT2D eigenvalue weighted by Gasteiger charge is 2.07. The minimum Gasteiger partial charge on any atom is -0.319 e. The quantitative estimate of drug-likeness (QED) is 0.898. The first kappa shape index (κ1) is 13.2. The van der Waals surface area contributed by atoms with E-state index in [1.54, 1.807) is 11.3 Å². The molecular weight excluding hydrogens is 242 g/mol. The van der Waals surface area contributed by atoms with Crippen molar-refractivity contribution in [2.75, 3.05) is 13.6 Å². The maximum absolute atomic E-state index is 4.28. The Kier molecular flexibility index (Phi) is 4.44. The van der Waals surface area contributed by atoms with Gasteiger partial charge in [0.15, 0.2) is 0 Å². The van der Waals surface area contributed by atoms with E-state index in [9.17, 15) is 0 Å². The summed E-state index contributed by atoms with van der Waals surface area (Å²) in [5, 5.41) is 13.9. The van der Waals surface area contributed by atoms with Gasteiger partial charge in [0.05, 0.1) is 0 Å². The monoisotopic (exact) mass is 261 g/mol. The lowest BCUT2D eigenvalue weighted by Crippen LogP contribution is -2.09. The molecule has 2 aromatic rings. The zero-order valence-corrected chi connectivity index (χ0v) is 12.0. The second kappa shape index (κ2) is 6.07. The second-order valence-corrected chi connectivity index (χ2v) is 5.70. The lowest BCUT2D eigenvalue weighted by Gasteiger charge is -2.04. The van der Waals surface area contributed by atoms with E-state index in [0.29, 0.717) is 0 Å². The maximum atomic E-state index is 4.28. The van der Waals surface area contributed by atoms with E-state index < -0.39 is 0 Å². The van der Waals surface area contributed by atoms with E-state index in [4.69, 9.17) is 0 Å². The number of nitrogens with zero attached hydrogens (tertiary/aromatic N) is 2. The number of likely N-dealkylation sites (N-methyl/N-ethyl adjacent to an activating group) is 1. The summed E-state index contributed by atoms with van der Waals surface area (Å²) in [4.78, 5) is 0. The SMILES string of the molecule is CNCCc1nnc(Cc2cc(C)ccc2C)s1. The van der Waals surface area contributed by atoms with Gasteiger partial charge in [-0.2, -0.15) is 0 Å². The van der Waals surface area contributed by atoms with E-state index in [-0.39, 0.29) is 0 Å². The van der Waals surface area contributed by atoms with Crippen molar-refractivity contribution in [1.82, 2.24) is 15.5 Å². The molecule has 18 heavy (non-hydrogen) atoms. The fourth-order valence-electron chi connectivity index (χ4n) is 1.85. The highest BCUT2D eigenvalue weighted by molar-refractivity contribution is 7.11. The summed E-state index contributed by atoms with van der Waals surface area (Å²) in [7, 11) is 1.96. The van der Waals surface area contributed by atoms with Crippen molar-refractivity contribution in [3.63, 3.8) is 0 Å². The van der Waals surface area contributed by atoms with Crippen LogP contribution >= 0.6 is 11.3 Å². The number of aromatic nitrogens is 2. The fourth-order valence-corrected chi connectivity index (χ4v) is 2.71. The van der Waals surface area contributed by atoms with Gasteiger partial charge in [-0.05, 0) is 32.0 Å². The Balaban J connectivity index is 2.08. The molecule has 3 nitrogen and oxygen atoms in total. The van der Waals surface area contributed by atoms with Crippen molar-refractivity contribution in [2.24, 2.45) is 0 Å². The summed E-state index contributed by atoms with van der Waals surface area (Å²) in [6.07, 6.45) is 1.85. The molecule has 1 N–H and O–H groups in total. The number of benzene rings is 1. The molecule has 0 aliphatic rings. The van der Waals surface area contributed by atoms with Crippen molar-refractivity contribution in [1.29, 1.82) is 0 Å². The summed E-state index contributed by atoms with van der Waals surface area (Å²) in [5.74, 6) is 0. The summed E-state index contributed by atoms with van der Waals surface area (Å²) in [5.41, 5.74) is 3.98. The summed E-state index contributed by atoms with van der Waals surface area (Å²) in [6.45, 7) is 5.23. The number of nitrogens with one attached hydrogen (secondary N) is 1. The number of hydrogen-bond donors (Lipinski definition) is 1. The Morgan fingerprint density at radius 2 is 1.94 bits per heavy atom. The molecule has 1 aromatic carbocycles. The Morgan fingerprint density at radius 1 is 1.17 bits per heavy atom. The standard InChI is InChI=1S/C14H19N3S/c1-10-4-5-11(2)12(8-10)9-14-17-16-13(18-14)6-7-15-3/h4-5,8,15H,6-7,9H2,1-3H3. The Hall–Kier alpha value is -1.26. The maximum Gasteiger partial charge on any atom is 0.121 e. The van der Waals surface area contributed by atoms with Crippen molar-refractivity contribution >= 4 is 11.3 Å². The van der Waals surface area contributed by atoms with E-state index in [1.807, 2.05) is 7.05 Å². The zero-order chi connectivity index (χ0) is 13.0. The second-order valence-electron chi connectivity index (χ2n) is 4.55. The van der Waals surface area contributed by atoms with Crippen LogP contribution in [-0.4, -0.2) is 23.8 Å². The molecule has 0 saturated carbocycles. The topological polar surface area (TPSA) is 37.8 Å². The molecule has 0 amide bonds. The average Bonchev–Trinajstić information content (AvgIpc) is 2.79. The van der Waals surface area contributed by atoms with E-state index in [2.05, 4.69) is 47.6 Å². The van der Waals surface area contributed by atoms with E-state index in [1.165, 1.54) is 16.7 Å². The van der Waals surface area contributed by atoms with Gasteiger partial charge in [0, 0.05) is 19.4 Å². The minimum absolute atomic E-state index is 0.894. The molecular formula is C14H19N3S. The molecule has 0 atom stereocenters. The average molecular weight is 261 g/mol. The van der Waals surface area contributed by atoms with E-state index >= 15 is 0 Å². The lowest BCUT2D eigenvalue weighted by atomic mass is 10.0. The molecule has 0 fully saturated rings. The molecule has 0 aliphatic heterocycles. The van der Waals surface area contributed by atoms with Gasteiger partial charge in [-0.3, -0.25) is 0 Å². The third-order valence-corrected chi connectivity index (χ3v) is 3.93. The number of aryl methyl sites for hydroxylation is 2. The van der Waals surface area contributed by atoms with Gasteiger partial charge in [-0.1, -0.05) is 23.8 Å². The molecule has 0 aliphatic carbocycles. The molecule has 1 aromatic heterocycles.